The second kappa shape index (κ2) is 8.70. The van der Waals surface area contributed by atoms with Gasteiger partial charge in [-0.25, -0.2) is 0 Å². The Morgan fingerprint density at radius 2 is 1.89 bits per heavy atom. The van der Waals surface area contributed by atoms with Crippen LogP contribution < -0.4 is 5.32 Å². The van der Waals surface area contributed by atoms with E-state index in [-0.39, 0.29) is 11.9 Å². The number of hydrogen-bond donors (Lipinski definition) is 1. The van der Waals surface area contributed by atoms with Crippen LogP contribution in [0.25, 0.3) is 0 Å². The van der Waals surface area contributed by atoms with Crippen LogP contribution in [0.15, 0.2) is 30.3 Å². The van der Waals surface area contributed by atoms with E-state index >= 15 is 0 Å². The van der Waals surface area contributed by atoms with Gasteiger partial charge in [-0.3, -0.25) is 9.48 Å². The predicted molar refractivity (Wildman–Crippen MR) is 109 cm³/mol. The fourth-order valence-electron chi connectivity index (χ4n) is 4.11. The second-order valence-electron chi connectivity index (χ2n) is 8.17. The highest BCUT2D eigenvalue weighted by Crippen LogP contribution is 2.25. The van der Waals surface area contributed by atoms with Crippen LogP contribution in [0.2, 0.25) is 0 Å². The van der Waals surface area contributed by atoms with E-state index in [0.717, 1.165) is 42.0 Å². The zero-order chi connectivity index (χ0) is 19.4. The van der Waals surface area contributed by atoms with Gasteiger partial charge in [0.25, 0.3) is 5.91 Å². The lowest BCUT2D eigenvalue weighted by atomic mass is 9.84. The number of rotatable bonds is 6. The van der Waals surface area contributed by atoms with E-state index < -0.39 is 0 Å². The number of aryl methyl sites for hydroxylation is 2. The summed E-state index contributed by atoms with van der Waals surface area (Å²) in [5, 5.41) is 7.79. The van der Waals surface area contributed by atoms with E-state index in [9.17, 15) is 4.79 Å². The van der Waals surface area contributed by atoms with Crippen LogP contribution in [0.5, 0.6) is 0 Å². The first-order valence-corrected chi connectivity index (χ1v) is 9.98. The Hall–Kier alpha value is -2.14. The van der Waals surface area contributed by atoms with Crippen LogP contribution in [-0.2, 0) is 6.54 Å². The first kappa shape index (κ1) is 19.6. The van der Waals surface area contributed by atoms with E-state index in [2.05, 4.69) is 42.4 Å². The second-order valence-corrected chi connectivity index (χ2v) is 8.17. The van der Waals surface area contributed by atoms with Crippen LogP contribution >= 0.6 is 0 Å². The molecule has 1 N–H and O–H groups in total. The topological polar surface area (TPSA) is 50.2 Å². The van der Waals surface area contributed by atoms with Crippen molar-refractivity contribution in [2.45, 2.75) is 52.1 Å². The van der Waals surface area contributed by atoms with E-state index in [0.29, 0.717) is 5.92 Å². The van der Waals surface area contributed by atoms with Crippen LogP contribution in [-0.4, -0.2) is 47.3 Å². The van der Waals surface area contributed by atoms with Crippen LogP contribution in [0.1, 0.15) is 53.0 Å². The summed E-state index contributed by atoms with van der Waals surface area (Å²) < 4.78 is 2.00. The number of nitrogens with zero attached hydrogens (tertiary/aromatic N) is 3. The van der Waals surface area contributed by atoms with Gasteiger partial charge >= 0.3 is 0 Å². The van der Waals surface area contributed by atoms with Crippen LogP contribution in [0.3, 0.4) is 0 Å². The third-order valence-corrected chi connectivity index (χ3v) is 5.48. The predicted octanol–water partition coefficient (Wildman–Crippen LogP) is 3.40. The molecule has 27 heavy (non-hydrogen) atoms. The zero-order valence-corrected chi connectivity index (χ0v) is 17.0. The Labute approximate surface area is 162 Å². The molecule has 5 nitrogen and oxygen atoms in total. The molecule has 0 aliphatic heterocycles. The standard InChI is InChI=1S/C22H32N4O/c1-16-13-17(2)26(24-16)14-18-9-11-19(12-10-18)22(27)23-21-8-6-5-7-20(21)15-25(3)4/h9-13,20-21H,5-8,14-15H2,1-4H3,(H,23,27). The van der Waals surface area contributed by atoms with E-state index in [1.807, 2.05) is 35.9 Å². The fourth-order valence-corrected chi connectivity index (χ4v) is 4.11. The highest BCUT2D eigenvalue weighted by atomic mass is 16.1. The Bertz CT molecular complexity index is 763. The minimum absolute atomic E-state index is 0.0447. The number of benzene rings is 1. The molecule has 1 saturated carbocycles. The van der Waals surface area contributed by atoms with E-state index in [1.165, 1.54) is 19.3 Å². The Morgan fingerprint density at radius 3 is 2.52 bits per heavy atom. The number of carbonyl (C=O) groups is 1. The summed E-state index contributed by atoms with van der Waals surface area (Å²) in [5.41, 5.74) is 4.07. The fraction of sp³-hybridized carbons (Fsp3) is 0.545. The van der Waals surface area contributed by atoms with Gasteiger partial charge in [-0.05, 0) is 70.5 Å². The lowest BCUT2D eigenvalue weighted by molar-refractivity contribution is 0.0895. The first-order valence-electron chi connectivity index (χ1n) is 9.98. The third-order valence-electron chi connectivity index (χ3n) is 5.48. The molecule has 0 bridgehead atoms. The Balaban J connectivity index is 1.62. The Morgan fingerprint density at radius 1 is 1.19 bits per heavy atom. The number of aromatic nitrogens is 2. The molecule has 1 aliphatic carbocycles. The van der Waals surface area contributed by atoms with Gasteiger partial charge in [0.1, 0.15) is 0 Å². The largest absolute Gasteiger partial charge is 0.349 e. The van der Waals surface area contributed by atoms with E-state index in [4.69, 9.17) is 0 Å². The van der Waals surface area contributed by atoms with Gasteiger partial charge in [0, 0.05) is 23.8 Å². The molecule has 1 heterocycles. The molecule has 5 heteroatoms. The SMILES string of the molecule is Cc1cc(C)n(Cc2ccc(C(=O)NC3CCCCC3CN(C)C)cc2)n1. The minimum Gasteiger partial charge on any atom is -0.349 e. The summed E-state index contributed by atoms with van der Waals surface area (Å²) in [6.45, 7) is 5.84. The van der Waals surface area contributed by atoms with Crippen molar-refractivity contribution in [3.8, 4) is 0 Å². The van der Waals surface area contributed by atoms with Crippen molar-refractivity contribution < 1.29 is 4.79 Å². The average Bonchev–Trinajstić information content (AvgIpc) is 2.94. The van der Waals surface area contributed by atoms with Gasteiger partial charge in [-0.15, -0.1) is 0 Å². The maximum Gasteiger partial charge on any atom is 0.251 e. The third kappa shape index (κ3) is 5.19. The minimum atomic E-state index is 0.0447. The number of carbonyl (C=O) groups excluding carboxylic acids is 1. The van der Waals surface area contributed by atoms with Crippen LogP contribution in [0.4, 0.5) is 0 Å². The lowest BCUT2D eigenvalue weighted by Crippen LogP contribution is -2.45. The summed E-state index contributed by atoms with van der Waals surface area (Å²) in [5.74, 6) is 0.589. The number of amides is 1. The summed E-state index contributed by atoms with van der Waals surface area (Å²) in [6, 6.07) is 10.3. The molecular formula is C22H32N4O. The zero-order valence-electron chi connectivity index (χ0n) is 17.0. The first-order chi connectivity index (χ1) is 12.9. The molecule has 3 rings (SSSR count). The molecule has 1 aliphatic rings. The molecule has 1 amide bonds. The molecule has 2 aromatic rings. The van der Waals surface area contributed by atoms with Gasteiger partial charge in [-0.1, -0.05) is 25.0 Å². The average molecular weight is 369 g/mol. The number of nitrogens with one attached hydrogen (secondary N) is 1. The molecule has 146 valence electrons. The Kier molecular flexibility index (Phi) is 6.32. The highest BCUT2D eigenvalue weighted by molar-refractivity contribution is 5.94. The normalized spacial score (nSPS) is 20.0. The smallest absolute Gasteiger partial charge is 0.251 e. The molecule has 1 aromatic carbocycles. The number of hydrogen-bond acceptors (Lipinski definition) is 3. The maximum atomic E-state index is 12.7. The van der Waals surface area contributed by atoms with Crippen molar-refractivity contribution in [3.05, 3.63) is 52.8 Å². The summed E-state index contributed by atoms with van der Waals surface area (Å²) in [4.78, 5) is 15.0. The van der Waals surface area contributed by atoms with Crippen molar-refractivity contribution in [1.29, 1.82) is 0 Å². The van der Waals surface area contributed by atoms with Crippen LogP contribution in [0, 0.1) is 19.8 Å². The highest BCUT2D eigenvalue weighted by Gasteiger charge is 2.27. The van der Waals surface area contributed by atoms with Gasteiger partial charge in [0.15, 0.2) is 0 Å². The molecule has 2 unspecified atom stereocenters. The molecule has 1 aromatic heterocycles. The van der Waals surface area contributed by atoms with Gasteiger partial charge < -0.3 is 10.2 Å². The quantitative estimate of drug-likeness (QED) is 0.850. The monoisotopic (exact) mass is 368 g/mol. The summed E-state index contributed by atoms with van der Waals surface area (Å²) in [6.07, 6.45) is 4.76. The molecule has 2 atom stereocenters. The molecule has 0 radical (unpaired) electrons. The molecule has 1 fully saturated rings. The maximum absolute atomic E-state index is 12.7. The lowest BCUT2D eigenvalue weighted by Gasteiger charge is -2.34. The van der Waals surface area contributed by atoms with Crippen molar-refractivity contribution >= 4 is 5.91 Å². The van der Waals surface area contributed by atoms with Crippen molar-refractivity contribution in [2.24, 2.45) is 5.92 Å². The van der Waals surface area contributed by atoms with Gasteiger partial charge in [-0.2, -0.15) is 5.10 Å². The molecule has 0 spiro atoms. The van der Waals surface area contributed by atoms with Gasteiger partial charge in [0.2, 0.25) is 0 Å². The summed E-state index contributed by atoms with van der Waals surface area (Å²) in [7, 11) is 4.21. The molecular weight excluding hydrogens is 336 g/mol. The van der Waals surface area contributed by atoms with E-state index in [1.54, 1.807) is 0 Å². The van der Waals surface area contributed by atoms with Gasteiger partial charge in [0.05, 0.1) is 12.2 Å². The summed E-state index contributed by atoms with van der Waals surface area (Å²) >= 11 is 0. The van der Waals surface area contributed by atoms with Crippen molar-refractivity contribution in [2.75, 3.05) is 20.6 Å². The van der Waals surface area contributed by atoms with Crippen molar-refractivity contribution in [1.82, 2.24) is 20.0 Å². The van der Waals surface area contributed by atoms with Crippen molar-refractivity contribution in [3.63, 3.8) is 0 Å². The molecule has 0 saturated heterocycles.